The Labute approximate surface area is 184 Å². The van der Waals surface area contributed by atoms with Crippen LogP contribution in [0.25, 0.3) is 0 Å². The first kappa shape index (κ1) is 20.5. The second-order valence-corrected chi connectivity index (χ2v) is 11.5. The lowest BCUT2D eigenvalue weighted by Crippen LogP contribution is -2.48. The highest BCUT2D eigenvalue weighted by Gasteiger charge is 2.48. The summed E-state index contributed by atoms with van der Waals surface area (Å²) in [6.07, 6.45) is 7.30. The highest BCUT2D eigenvalue weighted by Crippen LogP contribution is 2.47. The van der Waals surface area contributed by atoms with Gasteiger partial charge in [-0.15, -0.1) is 11.3 Å². The molecule has 0 spiro atoms. The topological polar surface area (TPSA) is 74.3 Å². The third kappa shape index (κ3) is 4.04. The van der Waals surface area contributed by atoms with Gasteiger partial charge in [0.2, 0.25) is 0 Å². The minimum Gasteiger partial charge on any atom is -0.379 e. The zero-order valence-electron chi connectivity index (χ0n) is 16.4. The maximum atomic E-state index is 14.8. The Kier molecular flexibility index (Phi) is 5.41. The van der Waals surface area contributed by atoms with Gasteiger partial charge in [0.25, 0.3) is 10.0 Å². The summed E-state index contributed by atoms with van der Waals surface area (Å²) >= 11 is 7.52. The van der Waals surface area contributed by atoms with Gasteiger partial charge in [-0.05, 0) is 43.2 Å². The van der Waals surface area contributed by atoms with Crippen LogP contribution >= 0.6 is 22.9 Å². The van der Waals surface area contributed by atoms with Gasteiger partial charge in [0.05, 0.1) is 10.7 Å². The number of fused-ring (bicyclic) bond motifs is 1. The molecule has 0 bridgehead atoms. The Morgan fingerprint density at radius 2 is 1.97 bits per heavy atom. The summed E-state index contributed by atoms with van der Waals surface area (Å²) in [4.78, 5) is 5.99. The molecular weight excluding hydrogens is 447 g/mol. The second-order valence-electron chi connectivity index (χ2n) is 8.52. The van der Waals surface area contributed by atoms with Gasteiger partial charge in [0.15, 0.2) is 5.13 Å². The Bertz CT molecular complexity index is 1020. The molecule has 5 rings (SSSR count). The molecule has 2 aliphatic carbocycles. The third-order valence-electron chi connectivity index (χ3n) is 6.51. The second kappa shape index (κ2) is 7.93. The fourth-order valence-corrected chi connectivity index (χ4v) is 7.07. The molecular formula is C20H24ClFN4O2S2. The van der Waals surface area contributed by atoms with E-state index >= 15 is 0 Å². The van der Waals surface area contributed by atoms with Crippen molar-refractivity contribution in [2.45, 2.75) is 49.1 Å². The molecule has 6 nitrogen and oxygen atoms in total. The van der Waals surface area contributed by atoms with Gasteiger partial charge in [0.1, 0.15) is 10.7 Å². The molecule has 162 valence electrons. The SMILES string of the molecule is O=S(=O)(Nc1nccs1)c1cc(Cl)c(NC2CCCC[C@@H]2N2CC3CC3C2)cc1F. The molecule has 3 fully saturated rings. The summed E-state index contributed by atoms with van der Waals surface area (Å²) in [6, 6.07) is 2.98. The number of rotatable bonds is 6. The third-order valence-corrected chi connectivity index (χ3v) is 9.00. The van der Waals surface area contributed by atoms with Crippen LogP contribution in [0.2, 0.25) is 5.02 Å². The van der Waals surface area contributed by atoms with Crippen molar-refractivity contribution >= 4 is 43.8 Å². The Morgan fingerprint density at radius 1 is 1.20 bits per heavy atom. The molecule has 1 aliphatic heterocycles. The van der Waals surface area contributed by atoms with Gasteiger partial charge in [-0.1, -0.05) is 24.4 Å². The van der Waals surface area contributed by atoms with Gasteiger partial charge in [-0.3, -0.25) is 9.62 Å². The van der Waals surface area contributed by atoms with Crippen molar-refractivity contribution in [3.05, 3.63) is 34.5 Å². The highest BCUT2D eigenvalue weighted by atomic mass is 35.5. The molecule has 0 radical (unpaired) electrons. The zero-order valence-corrected chi connectivity index (χ0v) is 18.7. The number of nitrogens with one attached hydrogen (secondary N) is 2. The van der Waals surface area contributed by atoms with Gasteiger partial charge in [-0.2, -0.15) is 0 Å². The standard InChI is InChI=1S/C20H24ClFN4O2S2/c21-14-8-19(30(27,28)25-20-23-5-6-29-20)15(22)9-17(14)24-16-3-1-2-4-18(16)26-10-12-7-13(12)11-26/h5-6,8-9,12-13,16,18,24H,1-4,7,10-11H2,(H,23,25)/t12?,13?,16?,18-/m0/s1. The molecule has 4 atom stereocenters. The number of aromatic nitrogens is 1. The number of hydrogen-bond acceptors (Lipinski definition) is 6. The first-order valence-corrected chi connectivity index (χ1v) is 13.1. The largest absolute Gasteiger partial charge is 0.379 e. The van der Waals surface area contributed by atoms with Gasteiger partial charge >= 0.3 is 0 Å². The smallest absolute Gasteiger partial charge is 0.266 e. The lowest BCUT2D eigenvalue weighted by molar-refractivity contribution is 0.161. The zero-order chi connectivity index (χ0) is 20.9. The Morgan fingerprint density at radius 3 is 2.70 bits per heavy atom. The number of likely N-dealkylation sites (tertiary alicyclic amines) is 1. The maximum absolute atomic E-state index is 14.8. The number of piperidine rings is 1. The van der Waals surface area contributed by atoms with Crippen LogP contribution < -0.4 is 10.0 Å². The Balaban J connectivity index is 1.35. The number of anilines is 2. The van der Waals surface area contributed by atoms with Gasteiger partial charge in [-0.25, -0.2) is 17.8 Å². The summed E-state index contributed by atoms with van der Waals surface area (Å²) < 4.78 is 42.2. The van der Waals surface area contributed by atoms with Crippen molar-refractivity contribution < 1.29 is 12.8 Å². The van der Waals surface area contributed by atoms with Crippen molar-refractivity contribution in [1.82, 2.24) is 9.88 Å². The van der Waals surface area contributed by atoms with Gasteiger partial charge < -0.3 is 5.32 Å². The molecule has 30 heavy (non-hydrogen) atoms. The lowest BCUT2D eigenvalue weighted by Gasteiger charge is -2.39. The van der Waals surface area contributed by atoms with E-state index in [1.54, 1.807) is 5.38 Å². The van der Waals surface area contributed by atoms with Crippen LogP contribution in [0.1, 0.15) is 32.1 Å². The van der Waals surface area contributed by atoms with Crippen LogP contribution in [0, 0.1) is 17.7 Å². The minimum atomic E-state index is -4.11. The molecule has 1 aromatic heterocycles. The van der Waals surface area contributed by atoms with Crippen molar-refractivity contribution in [3.8, 4) is 0 Å². The van der Waals surface area contributed by atoms with Crippen LogP contribution in [0.3, 0.4) is 0 Å². The number of hydrogen-bond donors (Lipinski definition) is 2. The summed E-state index contributed by atoms with van der Waals surface area (Å²) in [7, 11) is -4.11. The predicted molar refractivity (Wildman–Crippen MR) is 117 cm³/mol. The number of nitrogens with zero attached hydrogens (tertiary/aromatic N) is 2. The monoisotopic (exact) mass is 470 g/mol. The first-order valence-electron chi connectivity index (χ1n) is 10.3. The number of benzene rings is 1. The lowest BCUT2D eigenvalue weighted by atomic mass is 9.89. The molecule has 2 saturated carbocycles. The van der Waals surface area contributed by atoms with E-state index in [4.69, 9.17) is 11.6 Å². The predicted octanol–water partition coefficient (Wildman–Crippen LogP) is 4.41. The van der Waals surface area contributed by atoms with Crippen molar-refractivity contribution in [2.24, 2.45) is 11.8 Å². The minimum absolute atomic E-state index is 0.182. The van der Waals surface area contributed by atoms with Gasteiger partial charge in [0, 0.05) is 36.8 Å². The van der Waals surface area contributed by atoms with Crippen LogP contribution in [-0.4, -0.2) is 43.5 Å². The van der Waals surface area contributed by atoms with E-state index in [-0.39, 0.29) is 16.2 Å². The van der Waals surface area contributed by atoms with E-state index in [2.05, 4.69) is 19.9 Å². The maximum Gasteiger partial charge on any atom is 0.266 e. The van der Waals surface area contributed by atoms with E-state index in [1.165, 1.54) is 31.2 Å². The van der Waals surface area contributed by atoms with E-state index in [0.717, 1.165) is 55.5 Å². The number of halogens is 2. The Hall–Kier alpha value is -1.42. The average Bonchev–Trinajstić information content (AvgIpc) is 3.08. The molecule has 3 unspecified atom stereocenters. The van der Waals surface area contributed by atoms with Crippen LogP contribution in [0.15, 0.2) is 28.6 Å². The molecule has 0 amide bonds. The quantitative estimate of drug-likeness (QED) is 0.654. The molecule has 2 aromatic rings. The highest BCUT2D eigenvalue weighted by molar-refractivity contribution is 7.93. The van der Waals surface area contributed by atoms with E-state index in [1.807, 2.05) is 0 Å². The molecule has 2 N–H and O–H groups in total. The molecule has 10 heteroatoms. The summed E-state index contributed by atoms with van der Waals surface area (Å²) in [5.41, 5.74) is 0.448. The van der Waals surface area contributed by atoms with E-state index in [9.17, 15) is 12.8 Å². The number of sulfonamides is 1. The molecule has 1 aromatic carbocycles. The molecule has 1 saturated heterocycles. The van der Waals surface area contributed by atoms with Crippen LogP contribution in [-0.2, 0) is 10.0 Å². The molecule has 3 aliphatic rings. The van der Waals surface area contributed by atoms with Crippen LogP contribution in [0.4, 0.5) is 15.2 Å². The summed E-state index contributed by atoms with van der Waals surface area (Å²) in [5, 5.41) is 5.45. The van der Waals surface area contributed by atoms with E-state index < -0.39 is 20.7 Å². The fraction of sp³-hybridized carbons (Fsp3) is 0.550. The fourth-order valence-electron chi connectivity index (χ4n) is 4.91. The van der Waals surface area contributed by atoms with E-state index in [0.29, 0.717) is 11.7 Å². The van der Waals surface area contributed by atoms with Crippen molar-refractivity contribution in [1.29, 1.82) is 0 Å². The molecule has 2 heterocycles. The average molecular weight is 471 g/mol. The van der Waals surface area contributed by atoms with Crippen molar-refractivity contribution in [3.63, 3.8) is 0 Å². The number of thiazole rings is 1. The summed E-state index contributed by atoms with van der Waals surface area (Å²) in [5.74, 6) is 0.896. The van der Waals surface area contributed by atoms with Crippen molar-refractivity contribution in [2.75, 3.05) is 23.1 Å². The van der Waals surface area contributed by atoms with Crippen LogP contribution in [0.5, 0.6) is 0 Å². The summed E-state index contributed by atoms with van der Waals surface area (Å²) in [6.45, 7) is 2.32. The normalized spacial score (nSPS) is 28.9. The first-order chi connectivity index (χ1) is 14.4.